The van der Waals surface area contributed by atoms with Gasteiger partial charge in [0, 0.05) is 35.5 Å². The Bertz CT molecular complexity index is 1450. The number of carbonyl (C=O) groups excluding carboxylic acids is 1. The van der Waals surface area contributed by atoms with E-state index in [2.05, 4.69) is 41.0 Å². The first-order valence-corrected chi connectivity index (χ1v) is 11.2. The minimum Gasteiger partial charge on any atom is -0.489 e. The molecule has 5 heteroatoms. The molecule has 5 nitrogen and oxygen atoms in total. The summed E-state index contributed by atoms with van der Waals surface area (Å²) in [7, 11) is 1.69. The number of nitrogens with zero attached hydrogens (tertiary/aromatic N) is 1. The van der Waals surface area contributed by atoms with Crippen molar-refractivity contribution in [2.24, 2.45) is 5.73 Å². The zero-order chi connectivity index (χ0) is 23.5. The van der Waals surface area contributed by atoms with Crippen LogP contribution in [-0.4, -0.2) is 17.6 Å². The number of fused-ring (bicyclic) bond motifs is 3. The van der Waals surface area contributed by atoms with E-state index in [1.807, 2.05) is 48.5 Å². The van der Waals surface area contributed by atoms with Gasteiger partial charge in [-0.1, -0.05) is 60.7 Å². The van der Waals surface area contributed by atoms with Crippen LogP contribution >= 0.6 is 0 Å². The molecule has 0 atom stereocenters. The van der Waals surface area contributed by atoms with Crippen molar-refractivity contribution in [1.29, 1.82) is 0 Å². The first-order valence-electron chi connectivity index (χ1n) is 11.2. The second-order valence-corrected chi connectivity index (χ2v) is 8.35. The molecular formula is C29H26N2O3. The Morgan fingerprint density at radius 2 is 1.56 bits per heavy atom. The molecule has 0 unspecified atom stereocenters. The third kappa shape index (κ3) is 4.26. The Kier molecular flexibility index (Phi) is 6.02. The van der Waals surface area contributed by atoms with Crippen molar-refractivity contribution in [3.63, 3.8) is 0 Å². The third-order valence-electron chi connectivity index (χ3n) is 6.04. The Morgan fingerprint density at radius 3 is 2.29 bits per heavy atom. The number of ether oxygens (including phenoxy) is 2. The van der Waals surface area contributed by atoms with Gasteiger partial charge in [-0.3, -0.25) is 4.79 Å². The predicted octanol–water partition coefficient (Wildman–Crippen LogP) is 5.67. The van der Waals surface area contributed by atoms with Crippen LogP contribution in [0.25, 0.3) is 21.8 Å². The third-order valence-corrected chi connectivity index (χ3v) is 6.04. The molecule has 0 bridgehead atoms. The van der Waals surface area contributed by atoms with E-state index in [-0.39, 0.29) is 0 Å². The molecule has 0 saturated carbocycles. The number of amides is 1. The van der Waals surface area contributed by atoms with Gasteiger partial charge in [0.1, 0.15) is 12.4 Å². The van der Waals surface area contributed by atoms with Gasteiger partial charge >= 0.3 is 0 Å². The minimum absolute atomic E-state index is 0.425. The van der Waals surface area contributed by atoms with Gasteiger partial charge in [-0.15, -0.1) is 0 Å². The van der Waals surface area contributed by atoms with Gasteiger partial charge in [0.25, 0.3) is 0 Å². The fourth-order valence-electron chi connectivity index (χ4n) is 4.44. The maximum atomic E-state index is 12.2. The summed E-state index contributed by atoms with van der Waals surface area (Å²) in [6, 6.07) is 30.2. The van der Waals surface area contributed by atoms with Gasteiger partial charge in [0.15, 0.2) is 0 Å². The highest BCUT2D eigenvalue weighted by Gasteiger charge is 2.17. The fourth-order valence-corrected chi connectivity index (χ4v) is 4.44. The molecule has 0 radical (unpaired) electrons. The van der Waals surface area contributed by atoms with Crippen molar-refractivity contribution in [2.75, 3.05) is 7.11 Å². The minimum atomic E-state index is -0.425. The van der Waals surface area contributed by atoms with E-state index in [1.165, 1.54) is 0 Å². The quantitative estimate of drug-likeness (QED) is 0.331. The van der Waals surface area contributed by atoms with E-state index in [9.17, 15) is 4.79 Å². The molecule has 4 aromatic carbocycles. The first kappa shape index (κ1) is 21.7. The highest BCUT2D eigenvalue weighted by molar-refractivity contribution is 6.18. The van der Waals surface area contributed by atoms with Gasteiger partial charge in [-0.05, 0) is 47.0 Å². The number of primary amides is 1. The molecule has 1 aromatic heterocycles. The van der Waals surface area contributed by atoms with Crippen LogP contribution in [0.15, 0.2) is 91.0 Å². The number of hydrogen-bond donors (Lipinski definition) is 1. The van der Waals surface area contributed by atoms with Crippen LogP contribution in [0.1, 0.15) is 27.0 Å². The van der Waals surface area contributed by atoms with Crippen molar-refractivity contribution in [3.8, 4) is 5.75 Å². The predicted molar refractivity (Wildman–Crippen MR) is 135 cm³/mol. The average Bonchev–Trinajstić information content (AvgIpc) is 3.17. The molecule has 5 rings (SSSR count). The number of hydrogen-bond acceptors (Lipinski definition) is 3. The SMILES string of the molecule is COCc1ccc2c3c(C(N)=O)cccc3n(Cc3ccc(OCc4ccccc4)cc3)c2c1. The standard InChI is InChI=1S/C29H26N2O3/c1-33-18-22-12-15-24-27(16-22)31(26-9-5-8-25(28(24)26)29(30)32)17-20-10-13-23(14-11-20)34-19-21-6-3-2-4-7-21/h2-16H,17-19H2,1H3,(H2,30,32). The molecule has 5 aromatic rings. The lowest BCUT2D eigenvalue weighted by molar-refractivity contribution is 0.100. The van der Waals surface area contributed by atoms with Crippen LogP contribution in [0.2, 0.25) is 0 Å². The van der Waals surface area contributed by atoms with Crippen molar-refractivity contribution in [3.05, 3.63) is 113 Å². The molecule has 0 spiro atoms. The summed E-state index contributed by atoms with van der Waals surface area (Å²) >= 11 is 0. The summed E-state index contributed by atoms with van der Waals surface area (Å²) in [4.78, 5) is 12.2. The monoisotopic (exact) mass is 450 g/mol. The molecule has 2 N–H and O–H groups in total. The van der Waals surface area contributed by atoms with Gasteiger partial charge in [-0.2, -0.15) is 0 Å². The lowest BCUT2D eigenvalue weighted by Crippen LogP contribution is -2.11. The van der Waals surface area contributed by atoms with E-state index >= 15 is 0 Å². The van der Waals surface area contributed by atoms with E-state index in [4.69, 9.17) is 15.2 Å². The normalized spacial score (nSPS) is 11.2. The molecule has 0 fully saturated rings. The van der Waals surface area contributed by atoms with Gasteiger partial charge in [0.05, 0.1) is 12.1 Å². The fraction of sp³-hybridized carbons (Fsp3) is 0.138. The summed E-state index contributed by atoms with van der Waals surface area (Å²) in [5.41, 5.74) is 11.6. The van der Waals surface area contributed by atoms with Crippen molar-refractivity contribution in [1.82, 2.24) is 4.57 Å². The van der Waals surface area contributed by atoms with Crippen LogP contribution in [-0.2, 0) is 24.5 Å². The Morgan fingerprint density at radius 1 is 0.794 bits per heavy atom. The second-order valence-electron chi connectivity index (χ2n) is 8.35. The topological polar surface area (TPSA) is 66.5 Å². The number of nitrogens with two attached hydrogens (primary N) is 1. The lowest BCUT2D eigenvalue weighted by Gasteiger charge is -2.11. The first-order chi connectivity index (χ1) is 16.6. The average molecular weight is 451 g/mol. The van der Waals surface area contributed by atoms with Crippen LogP contribution in [0.4, 0.5) is 0 Å². The van der Waals surface area contributed by atoms with E-state index in [0.717, 1.165) is 44.2 Å². The maximum absolute atomic E-state index is 12.2. The maximum Gasteiger partial charge on any atom is 0.249 e. The molecule has 34 heavy (non-hydrogen) atoms. The largest absolute Gasteiger partial charge is 0.489 e. The van der Waals surface area contributed by atoms with Gasteiger partial charge in [0.2, 0.25) is 5.91 Å². The van der Waals surface area contributed by atoms with E-state index in [0.29, 0.717) is 25.3 Å². The summed E-state index contributed by atoms with van der Waals surface area (Å²) in [6.07, 6.45) is 0. The zero-order valence-electron chi connectivity index (χ0n) is 19.0. The van der Waals surface area contributed by atoms with E-state index < -0.39 is 5.91 Å². The number of aromatic nitrogens is 1. The van der Waals surface area contributed by atoms with Crippen molar-refractivity contribution >= 4 is 27.7 Å². The molecule has 1 amide bonds. The number of carbonyl (C=O) groups is 1. The second kappa shape index (κ2) is 9.41. The van der Waals surface area contributed by atoms with Crippen molar-refractivity contribution in [2.45, 2.75) is 19.8 Å². The molecule has 170 valence electrons. The molecule has 0 aliphatic heterocycles. The molecule has 0 saturated heterocycles. The van der Waals surface area contributed by atoms with Crippen LogP contribution in [0.5, 0.6) is 5.75 Å². The summed E-state index contributed by atoms with van der Waals surface area (Å²) in [5.74, 6) is 0.402. The molecule has 1 heterocycles. The number of methoxy groups -OCH3 is 1. The lowest BCUT2D eigenvalue weighted by atomic mass is 10.0. The molecule has 0 aliphatic carbocycles. The van der Waals surface area contributed by atoms with Crippen LogP contribution < -0.4 is 10.5 Å². The Hall–Kier alpha value is -4.09. The Balaban J connectivity index is 1.50. The van der Waals surface area contributed by atoms with Gasteiger partial charge < -0.3 is 19.8 Å². The van der Waals surface area contributed by atoms with Gasteiger partial charge in [-0.25, -0.2) is 0 Å². The highest BCUT2D eigenvalue weighted by atomic mass is 16.5. The van der Waals surface area contributed by atoms with E-state index in [1.54, 1.807) is 13.2 Å². The zero-order valence-corrected chi connectivity index (χ0v) is 19.0. The number of rotatable bonds is 8. The Labute approximate surface area is 198 Å². The molecular weight excluding hydrogens is 424 g/mol. The summed E-state index contributed by atoms with van der Waals surface area (Å²) in [6.45, 7) is 1.70. The smallest absolute Gasteiger partial charge is 0.249 e. The number of benzene rings is 4. The van der Waals surface area contributed by atoms with Crippen LogP contribution in [0.3, 0.4) is 0 Å². The molecule has 0 aliphatic rings. The highest BCUT2D eigenvalue weighted by Crippen LogP contribution is 2.33. The van der Waals surface area contributed by atoms with Crippen LogP contribution in [0, 0.1) is 0 Å². The summed E-state index contributed by atoms with van der Waals surface area (Å²) < 4.78 is 13.5. The van der Waals surface area contributed by atoms with Crippen molar-refractivity contribution < 1.29 is 14.3 Å². The summed E-state index contributed by atoms with van der Waals surface area (Å²) in [5, 5.41) is 1.89.